The van der Waals surface area contributed by atoms with Gasteiger partial charge in [-0.25, -0.2) is 21.9 Å². The summed E-state index contributed by atoms with van der Waals surface area (Å²) < 4.78 is 55.9. The van der Waals surface area contributed by atoms with E-state index >= 15 is 0 Å². The number of sulfonamides is 1. The molecule has 1 atom stereocenters. The zero-order valence-corrected chi connectivity index (χ0v) is 17.2. The van der Waals surface area contributed by atoms with Crippen molar-refractivity contribution in [3.8, 4) is 0 Å². The van der Waals surface area contributed by atoms with Gasteiger partial charge in [0.15, 0.2) is 5.82 Å². The summed E-state index contributed by atoms with van der Waals surface area (Å²) in [6.45, 7) is 4.80. The van der Waals surface area contributed by atoms with Gasteiger partial charge in [-0.1, -0.05) is 17.7 Å². The summed E-state index contributed by atoms with van der Waals surface area (Å²) in [6.07, 6.45) is 0. The van der Waals surface area contributed by atoms with E-state index in [1.54, 1.807) is 13.0 Å². The van der Waals surface area contributed by atoms with Crippen LogP contribution in [-0.4, -0.2) is 46.5 Å². The number of hydrogen-bond donors (Lipinski definition) is 1. The molecule has 3 rings (SSSR count). The lowest BCUT2D eigenvalue weighted by Gasteiger charge is -2.36. The number of rotatable bonds is 5. The Balaban J connectivity index is 1.91. The molecule has 0 aliphatic carbocycles. The first-order valence-electron chi connectivity index (χ1n) is 8.88. The molecular formula is C19H22ClF2N3O2S. The molecule has 1 aliphatic rings. The van der Waals surface area contributed by atoms with Crippen molar-refractivity contribution in [2.45, 2.75) is 17.9 Å². The predicted octanol–water partition coefficient (Wildman–Crippen LogP) is 3.41. The quantitative estimate of drug-likeness (QED) is 0.791. The molecule has 2 aromatic rings. The Bertz CT molecular complexity index is 964. The number of piperazine rings is 1. The molecule has 5 nitrogen and oxygen atoms in total. The lowest BCUT2D eigenvalue weighted by molar-refractivity contribution is 0.312. The van der Waals surface area contributed by atoms with Crippen molar-refractivity contribution in [1.82, 2.24) is 9.62 Å². The second kappa shape index (κ2) is 8.32. The van der Waals surface area contributed by atoms with Crippen LogP contribution in [0.1, 0.15) is 18.5 Å². The summed E-state index contributed by atoms with van der Waals surface area (Å²) in [7, 11) is -2.16. The van der Waals surface area contributed by atoms with Gasteiger partial charge in [0.05, 0.1) is 5.02 Å². The van der Waals surface area contributed by atoms with E-state index in [-0.39, 0.29) is 5.02 Å². The maximum Gasteiger partial charge on any atom is 0.244 e. The molecule has 0 aromatic heterocycles. The molecule has 152 valence electrons. The minimum Gasteiger partial charge on any atom is -0.369 e. The molecule has 2 aromatic carbocycles. The van der Waals surface area contributed by atoms with E-state index in [1.807, 2.05) is 7.05 Å². The monoisotopic (exact) mass is 429 g/mol. The summed E-state index contributed by atoms with van der Waals surface area (Å²) in [5.74, 6) is -1.48. The van der Waals surface area contributed by atoms with Crippen LogP contribution in [0.5, 0.6) is 0 Å². The molecule has 0 radical (unpaired) electrons. The van der Waals surface area contributed by atoms with Gasteiger partial charge in [0, 0.05) is 37.9 Å². The predicted molar refractivity (Wildman–Crippen MR) is 106 cm³/mol. The number of likely N-dealkylation sites (N-methyl/N-ethyl adjacent to an activating group) is 1. The first-order chi connectivity index (χ1) is 13.2. The molecule has 1 fully saturated rings. The van der Waals surface area contributed by atoms with Crippen LogP contribution < -0.4 is 9.62 Å². The fraction of sp³-hybridized carbons (Fsp3) is 0.368. The van der Waals surface area contributed by atoms with Crippen molar-refractivity contribution >= 4 is 27.3 Å². The number of anilines is 1. The Kier molecular flexibility index (Phi) is 6.24. The Morgan fingerprint density at radius 2 is 1.79 bits per heavy atom. The summed E-state index contributed by atoms with van der Waals surface area (Å²) in [5, 5.41) is -0.278. The van der Waals surface area contributed by atoms with Gasteiger partial charge in [-0.3, -0.25) is 0 Å². The zero-order chi connectivity index (χ0) is 20.5. The molecule has 1 heterocycles. The Morgan fingerprint density at radius 1 is 1.11 bits per heavy atom. The van der Waals surface area contributed by atoms with Crippen LogP contribution in [0.4, 0.5) is 14.5 Å². The second-order valence-corrected chi connectivity index (χ2v) is 8.98. The van der Waals surface area contributed by atoms with Crippen LogP contribution in [-0.2, 0) is 10.0 Å². The third-order valence-electron chi connectivity index (χ3n) is 4.84. The molecule has 28 heavy (non-hydrogen) atoms. The first kappa shape index (κ1) is 21.0. The van der Waals surface area contributed by atoms with Gasteiger partial charge in [-0.05, 0) is 49.9 Å². The van der Waals surface area contributed by atoms with Crippen molar-refractivity contribution in [3.05, 3.63) is 58.6 Å². The summed E-state index contributed by atoms with van der Waals surface area (Å²) in [5.41, 5.74) is 1.26. The van der Waals surface area contributed by atoms with E-state index in [0.29, 0.717) is 5.56 Å². The summed E-state index contributed by atoms with van der Waals surface area (Å²) in [4.78, 5) is 3.75. The van der Waals surface area contributed by atoms with Crippen LogP contribution >= 0.6 is 11.6 Å². The Hall–Kier alpha value is -1.74. The van der Waals surface area contributed by atoms with Gasteiger partial charge in [0.1, 0.15) is 10.7 Å². The van der Waals surface area contributed by atoms with Crippen LogP contribution in [0.15, 0.2) is 41.3 Å². The van der Waals surface area contributed by atoms with Gasteiger partial charge < -0.3 is 9.80 Å². The minimum atomic E-state index is -4.19. The smallest absolute Gasteiger partial charge is 0.244 e. The van der Waals surface area contributed by atoms with Gasteiger partial charge >= 0.3 is 0 Å². The van der Waals surface area contributed by atoms with Gasteiger partial charge in [0.2, 0.25) is 10.0 Å². The molecule has 0 saturated carbocycles. The molecule has 1 saturated heterocycles. The largest absolute Gasteiger partial charge is 0.369 e. The van der Waals surface area contributed by atoms with E-state index in [9.17, 15) is 17.2 Å². The highest BCUT2D eigenvalue weighted by atomic mass is 35.5. The highest BCUT2D eigenvalue weighted by Gasteiger charge is 2.26. The Labute approximate surface area is 169 Å². The third kappa shape index (κ3) is 4.46. The molecule has 1 N–H and O–H groups in total. The number of hydrogen-bond acceptors (Lipinski definition) is 4. The first-order valence-corrected chi connectivity index (χ1v) is 10.7. The molecule has 9 heteroatoms. The normalized spacial score (nSPS) is 17.0. The Morgan fingerprint density at radius 3 is 2.46 bits per heavy atom. The number of nitrogens with one attached hydrogen (secondary N) is 1. The fourth-order valence-corrected chi connectivity index (χ4v) is 4.81. The molecule has 0 spiro atoms. The highest BCUT2D eigenvalue weighted by molar-refractivity contribution is 7.89. The SMILES string of the molecule is CC(NS(=O)(=O)c1cccc(Cl)c1F)c1cc(F)ccc1N1CCN(C)CC1. The standard InChI is InChI=1S/C19H22ClF2N3O2S/c1-13(23-28(26,27)18-5-3-4-16(20)19(18)22)15-12-14(21)6-7-17(15)25-10-8-24(2)9-11-25/h3-7,12-13,23H,8-11H2,1-2H3. The van der Waals surface area contributed by atoms with Crippen molar-refractivity contribution in [1.29, 1.82) is 0 Å². The maximum atomic E-state index is 14.2. The van der Waals surface area contributed by atoms with Crippen molar-refractivity contribution in [2.75, 3.05) is 38.1 Å². The van der Waals surface area contributed by atoms with Crippen LogP contribution in [0, 0.1) is 11.6 Å². The maximum absolute atomic E-state index is 14.2. The van der Waals surface area contributed by atoms with E-state index in [4.69, 9.17) is 11.6 Å². The summed E-state index contributed by atoms with van der Waals surface area (Å²) in [6, 6.07) is 7.34. The number of benzene rings is 2. The van der Waals surface area contributed by atoms with Crippen molar-refractivity contribution in [2.24, 2.45) is 0 Å². The second-order valence-electron chi connectivity index (χ2n) is 6.89. The van der Waals surface area contributed by atoms with Gasteiger partial charge in [0.25, 0.3) is 0 Å². The lowest BCUT2D eigenvalue weighted by Crippen LogP contribution is -2.45. The van der Waals surface area contributed by atoms with E-state index in [1.165, 1.54) is 24.3 Å². The number of halogens is 3. The molecule has 0 amide bonds. The van der Waals surface area contributed by atoms with E-state index in [2.05, 4.69) is 14.5 Å². The molecule has 1 unspecified atom stereocenters. The summed E-state index contributed by atoms with van der Waals surface area (Å²) >= 11 is 5.71. The van der Waals surface area contributed by atoms with E-state index < -0.39 is 32.6 Å². The topological polar surface area (TPSA) is 52.7 Å². The van der Waals surface area contributed by atoms with Crippen molar-refractivity contribution in [3.63, 3.8) is 0 Å². The fourth-order valence-electron chi connectivity index (χ4n) is 3.26. The highest BCUT2D eigenvalue weighted by Crippen LogP contribution is 2.30. The van der Waals surface area contributed by atoms with Crippen LogP contribution in [0.25, 0.3) is 0 Å². The van der Waals surface area contributed by atoms with Gasteiger partial charge in [-0.15, -0.1) is 0 Å². The number of nitrogens with zero attached hydrogens (tertiary/aromatic N) is 2. The molecule has 0 bridgehead atoms. The van der Waals surface area contributed by atoms with Crippen molar-refractivity contribution < 1.29 is 17.2 Å². The molecular weight excluding hydrogens is 408 g/mol. The van der Waals surface area contributed by atoms with Crippen LogP contribution in [0.3, 0.4) is 0 Å². The van der Waals surface area contributed by atoms with Gasteiger partial charge in [-0.2, -0.15) is 0 Å². The average Bonchev–Trinajstić information content (AvgIpc) is 2.64. The van der Waals surface area contributed by atoms with Crippen LogP contribution in [0.2, 0.25) is 5.02 Å². The minimum absolute atomic E-state index is 0.278. The lowest BCUT2D eigenvalue weighted by atomic mass is 10.0. The average molecular weight is 430 g/mol. The zero-order valence-electron chi connectivity index (χ0n) is 15.6. The van der Waals surface area contributed by atoms with E-state index in [0.717, 1.165) is 37.9 Å². The molecule has 1 aliphatic heterocycles. The third-order valence-corrected chi connectivity index (χ3v) is 6.69.